The molecule has 1 atom stereocenters. The van der Waals surface area contributed by atoms with E-state index in [9.17, 15) is 9.59 Å². The Morgan fingerprint density at radius 1 is 1.33 bits per heavy atom. The first-order valence-electron chi connectivity index (χ1n) is 7.06. The molecule has 0 bridgehead atoms. The average molecular weight is 287 g/mol. The van der Waals surface area contributed by atoms with E-state index in [-0.39, 0.29) is 23.8 Å². The van der Waals surface area contributed by atoms with E-state index in [0.717, 1.165) is 11.0 Å². The predicted molar refractivity (Wildman–Crippen MR) is 76.9 cm³/mol. The lowest BCUT2D eigenvalue weighted by molar-refractivity contribution is -0.146. The van der Waals surface area contributed by atoms with E-state index in [2.05, 4.69) is 5.32 Å². The van der Waals surface area contributed by atoms with E-state index in [1.807, 2.05) is 30.3 Å². The summed E-state index contributed by atoms with van der Waals surface area (Å²) in [7, 11) is 0. The third-order valence-electron chi connectivity index (χ3n) is 4.10. The predicted octanol–water partition coefficient (Wildman–Crippen LogP) is 2.52. The summed E-state index contributed by atoms with van der Waals surface area (Å²) in [6.07, 6.45) is 1.02. The van der Waals surface area contributed by atoms with Gasteiger partial charge < -0.3 is 14.8 Å². The molecule has 1 aromatic carbocycles. The molecule has 110 valence electrons. The molecule has 1 aromatic heterocycles. The van der Waals surface area contributed by atoms with Crippen LogP contribution in [-0.4, -0.2) is 23.0 Å². The number of carbonyl (C=O) groups is 2. The fourth-order valence-electron chi connectivity index (χ4n) is 2.61. The van der Waals surface area contributed by atoms with Crippen LogP contribution in [0.4, 0.5) is 0 Å². The summed E-state index contributed by atoms with van der Waals surface area (Å²) in [5.74, 6) is -0.991. The van der Waals surface area contributed by atoms with Crippen molar-refractivity contribution in [2.45, 2.75) is 31.7 Å². The molecule has 5 nitrogen and oxygen atoms in total. The maximum Gasteiger partial charge on any atom is 0.306 e. The minimum Gasteiger partial charge on any atom is -0.481 e. The average Bonchev–Trinajstić information content (AvgIpc) is 2.84. The number of rotatable bonds is 4. The first-order chi connectivity index (χ1) is 10.0. The number of carboxylic acid groups (broad SMARTS) is 1. The number of aliphatic carboxylic acids is 1. The van der Waals surface area contributed by atoms with E-state index >= 15 is 0 Å². The van der Waals surface area contributed by atoms with Gasteiger partial charge in [0.1, 0.15) is 11.3 Å². The molecule has 1 heterocycles. The number of hydrogen-bond donors (Lipinski definition) is 2. The van der Waals surface area contributed by atoms with Gasteiger partial charge in [-0.1, -0.05) is 18.2 Å². The lowest BCUT2D eigenvalue weighted by Gasteiger charge is -2.33. The van der Waals surface area contributed by atoms with Crippen LogP contribution in [0, 0.1) is 5.92 Å². The Hall–Kier alpha value is -2.30. The Morgan fingerprint density at radius 2 is 2.05 bits per heavy atom. The highest BCUT2D eigenvalue weighted by molar-refractivity contribution is 5.86. The van der Waals surface area contributed by atoms with Crippen molar-refractivity contribution >= 4 is 22.8 Å². The van der Waals surface area contributed by atoms with Crippen LogP contribution in [0.1, 0.15) is 31.4 Å². The molecule has 0 radical (unpaired) electrons. The number of benzene rings is 1. The molecule has 1 fully saturated rings. The summed E-state index contributed by atoms with van der Waals surface area (Å²) in [5.41, 5.74) is 0.765. The van der Waals surface area contributed by atoms with Crippen LogP contribution in [0.2, 0.25) is 0 Å². The molecule has 1 saturated carbocycles. The molecule has 1 aliphatic rings. The molecule has 0 spiro atoms. The third-order valence-corrected chi connectivity index (χ3v) is 4.10. The van der Waals surface area contributed by atoms with Crippen LogP contribution in [0.5, 0.6) is 0 Å². The van der Waals surface area contributed by atoms with Crippen molar-refractivity contribution in [2.75, 3.05) is 0 Å². The summed E-state index contributed by atoms with van der Waals surface area (Å²) in [5, 5.41) is 12.7. The maximum absolute atomic E-state index is 12.2. The Morgan fingerprint density at radius 3 is 2.71 bits per heavy atom. The fraction of sp³-hybridized carbons (Fsp3) is 0.375. The van der Waals surface area contributed by atoms with E-state index in [4.69, 9.17) is 9.52 Å². The molecule has 0 aliphatic heterocycles. The number of carbonyl (C=O) groups excluding carboxylic acids is 1. The highest BCUT2D eigenvalue weighted by atomic mass is 16.4. The molecular formula is C16H17NO4. The highest BCUT2D eigenvalue weighted by Crippen LogP contribution is 2.29. The molecule has 1 unspecified atom stereocenters. The number of fused-ring (bicyclic) bond motifs is 1. The van der Waals surface area contributed by atoms with Crippen molar-refractivity contribution in [1.29, 1.82) is 0 Å². The summed E-state index contributed by atoms with van der Waals surface area (Å²) in [6, 6.07) is 9.46. The number of para-hydroxylation sites is 1. The second kappa shape index (κ2) is 5.24. The van der Waals surface area contributed by atoms with Crippen molar-refractivity contribution < 1.29 is 19.1 Å². The lowest BCUT2D eigenvalue weighted by Crippen LogP contribution is -2.47. The van der Waals surface area contributed by atoms with Crippen molar-refractivity contribution in [3.05, 3.63) is 36.1 Å². The monoisotopic (exact) mass is 287 g/mol. The second-order valence-electron chi connectivity index (χ2n) is 5.62. The van der Waals surface area contributed by atoms with Gasteiger partial charge in [-0.15, -0.1) is 0 Å². The molecule has 2 aromatic rings. The van der Waals surface area contributed by atoms with Crippen molar-refractivity contribution in [2.24, 2.45) is 5.92 Å². The standard InChI is InChI=1S/C16H17NO4/c1-9(14-8-10-4-2-3-5-13(10)21-14)15(18)17-12-6-11(7-12)16(19)20/h2-5,8-9,11-12H,6-7H2,1H3,(H,17,18)(H,19,20). The summed E-state index contributed by atoms with van der Waals surface area (Å²) < 4.78 is 5.69. The minimum atomic E-state index is -0.786. The van der Waals surface area contributed by atoms with Gasteiger partial charge in [0.15, 0.2) is 0 Å². The SMILES string of the molecule is CC(C(=O)NC1CC(C(=O)O)C1)c1cc2ccccc2o1. The van der Waals surface area contributed by atoms with Crippen LogP contribution in [0.15, 0.2) is 34.7 Å². The number of furan rings is 1. The normalized spacial score (nSPS) is 22.5. The Bertz CT molecular complexity index is 651. The van der Waals surface area contributed by atoms with Gasteiger partial charge in [0, 0.05) is 11.4 Å². The molecule has 5 heteroatoms. The van der Waals surface area contributed by atoms with Gasteiger partial charge in [0.05, 0.1) is 11.8 Å². The first kappa shape index (κ1) is 13.7. The molecule has 1 amide bonds. The van der Waals surface area contributed by atoms with Crippen LogP contribution in [0.3, 0.4) is 0 Å². The van der Waals surface area contributed by atoms with Gasteiger partial charge in [0.2, 0.25) is 5.91 Å². The Labute approximate surface area is 121 Å². The van der Waals surface area contributed by atoms with Gasteiger partial charge in [0.25, 0.3) is 0 Å². The summed E-state index contributed by atoms with van der Waals surface area (Å²) in [6.45, 7) is 1.79. The highest BCUT2D eigenvalue weighted by Gasteiger charge is 2.36. The van der Waals surface area contributed by atoms with E-state index < -0.39 is 5.97 Å². The molecule has 0 saturated heterocycles. The minimum absolute atomic E-state index is 0.0366. The van der Waals surface area contributed by atoms with E-state index in [1.165, 1.54) is 0 Å². The van der Waals surface area contributed by atoms with Crippen molar-refractivity contribution in [3.8, 4) is 0 Å². The van der Waals surface area contributed by atoms with Crippen LogP contribution >= 0.6 is 0 Å². The number of nitrogens with one attached hydrogen (secondary N) is 1. The van der Waals surface area contributed by atoms with Gasteiger partial charge >= 0.3 is 5.97 Å². The second-order valence-corrected chi connectivity index (χ2v) is 5.62. The van der Waals surface area contributed by atoms with Gasteiger partial charge in [-0.25, -0.2) is 0 Å². The topological polar surface area (TPSA) is 79.5 Å². The summed E-state index contributed by atoms with van der Waals surface area (Å²) in [4.78, 5) is 22.9. The quantitative estimate of drug-likeness (QED) is 0.905. The van der Waals surface area contributed by atoms with Crippen LogP contribution in [-0.2, 0) is 9.59 Å². The number of hydrogen-bond acceptors (Lipinski definition) is 3. The molecular weight excluding hydrogens is 270 g/mol. The fourth-order valence-corrected chi connectivity index (χ4v) is 2.61. The van der Waals surface area contributed by atoms with E-state index in [0.29, 0.717) is 18.6 Å². The maximum atomic E-state index is 12.2. The first-order valence-corrected chi connectivity index (χ1v) is 7.06. The molecule has 1 aliphatic carbocycles. The lowest BCUT2D eigenvalue weighted by atomic mass is 9.80. The molecule has 3 rings (SSSR count). The van der Waals surface area contributed by atoms with Gasteiger partial charge in [-0.05, 0) is 31.9 Å². The number of carboxylic acids is 1. The van der Waals surface area contributed by atoms with Gasteiger partial charge in [-0.2, -0.15) is 0 Å². The van der Waals surface area contributed by atoms with Crippen LogP contribution < -0.4 is 5.32 Å². The Kier molecular flexibility index (Phi) is 3.41. The number of amides is 1. The Balaban J connectivity index is 1.63. The van der Waals surface area contributed by atoms with Crippen molar-refractivity contribution in [3.63, 3.8) is 0 Å². The zero-order valence-electron chi connectivity index (χ0n) is 11.7. The van der Waals surface area contributed by atoms with Crippen LogP contribution in [0.25, 0.3) is 11.0 Å². The molecule has 2 N–H and O–H groups in total. The largest absolute Gasteiger partial charge is 0.481 e. The zero-order chi connectivity index (χ0) is 15.0. The smallest absolute Gasteiger partial charge is 0.306 e. The zero-order valence-corrected chi connectivity index (χ0v) is 11.7. The van der Waals surface area contributed by atoms with Gasteiger partial charge in [-0.3, -0.25) is 9.59 Å². The third kappa shape index (κ3) is 2.63. The van der Waals surface area contributed by atoms with Crippen molar-refractivity contribution in [1.82, 2.24) is 5.32 Å². The summed E-state index contributed by atoms with van der Waals surface area (Å²) >= 11 is 0. The molecule has 21 heavy (non-hydrogen) atoms. The van der Waals surface area contributed by atoms with E-state index in [1.54, 1.807) is 6.92 Å².